The van der Waals surface area contributed by atoms with Crippen molar-refractivity contribution in [3.8, 4) is 0 Å². The summed E-state index contributed by atoms with van der Waals surface area (Å²) >= 11 is 6.15. The number of carbonyl (C=O) groups is 1. The minimum atomic E-state index is -0.280. The number of nitrogens with zero attached hydrogens (tertiary/aromatic N) is 1. The minimum Gasteiger partial charge on any atom is -0.339 e. The summed E-state index contributed by atoms with van der Waals surface area (Å²) in [6.07, 6.45) is 5.45. The molecule has 3 rings (SSSR count). The van der Waals surface area contributed by atoms with Crippen molar-refractivity contribution in [3.63, 3.8) is 0 Å². The molecule has 1 unspecified atom stereocenters. The first-order valence-electron chi connectivity index (χ1n) is 8.55. The van der Waals surface area contributed by atoms with Crippen LogP contribution >= 0.6 is 11.6 Å². The number of amides is 1. The Labute approximate surface area is 142 Å². The fourth-order valence-corrected chi connectivity index (χ4v) is 4.40. The maximum atomic E-state index is 14.0. The zero-order valence-electron chi connectivity index (χ0n) is 13.3. The lowest BCUT2D eigenvalue weighted by Crippen LogP contribution is -2.42. The second-order valence-corrected chi connectivity index (χ2v) is 7.17. The largest absolute Gasteiger partial charge is 0.339 e. The number of benzene rings is 1. The predicted molar refractivity (Wildman–Crippen MR) is 89.7 cm³/mol. The summed E-state index contributed by atoms with van der Waals surface area (Å²) in [5.74, 6) is 0.294. The highest BCUT2D eigenvalue weighted by molar-refractivity contribution is 6.31. The Morgan fingerprint density at radius 3 is 2.87 bits per heavy atom. The second-order valence-electron chi connectivity index (χ2n) is 6.77. The van der Waals surface area contributed by atoms with E-state index in [1.54, 1.807) is 12.1 Å². The Kier molecular flexibility index (Phi) is 5.22. The van der Waals surface area contributed by atoms with Crippen LogP contribution in [0.5, 0.6) is 0 Å². The smallest absolute Gasteiger partial charge is 0.226 e. The molecule has 2 N–H and O–H groups in total. The molecular formula is C18H24ClFN2O. The zero-order valence-corrected chi connectivity index (χ0v) is 14.1. The van der Waals surface area contributed by atoms with E-state index in [1.165, 1.54) is 6.07 Å². The van der Waals surface area contributed by atoms with E-state index < -0.39 is 0 Å². The molecule has 1 amide bonds. The van der Waals surface area contributed by atoms with Gasteiger partial charge < -0.3 is 10.6 Å². The maximum Gasteiger partial charge on any atom is 0.226 e. The molecule has 1 heterocycles. The van der Waals surface area contributed by atoms with Crippen molar-refractivity contribution in [2.75, 3.05) is 13.1 Å². The van der Waals surface area contributed by atoms with Gasteiger partial charge in [-0.05, 0) is 56.7 Å². The molecule has 5 heteroatoms. The van der Waals surface area contributed by atoms with Gasteiger partial charge in [0.25, 0.3) is 0 Å². The fourth-order valence-electron chi connectivity index (χ4n) is 4.16. The summed E-state index contributed by atoms with van der Waals surface area (Å²) in [7, 11) is 0. The third kappa shape index (κ3) is 3.38. The van der Waals surface area contributed by atoms with E-state index in [1.807, 2.05) is 4.90 Å². The summed E-state index contributed by atoms with van der Waals surface area (Å²) < 4.78 is 14.0. The lowest BCUT2D eigenvalue weighted by Gasteiger charge is -2.30. The van der Waals surface area contributed by atoms with Crippen LogP contribution in [0.2, 0.25) is 5.02 Å². The normalized spacial score (nSPS) is 27.6. The quantitative estimate of drug-likeness (QED) is 0.914. The van der Waals surface area contributed by atoms with Gasteiger partial charge in [0, 0.05) is 29.1 Å². The molecule has 1 aliphatic carbocycles. The molecule has 23 heavy (non-hydrogen) atoms. The lowest BCUT2D eigenvalue weighted by molar-refractivity contribution is -0.137. The predicted octanol–water partition coefficient (Wildman–Crippen LogP) is 3.39. The first kappa shape index (κ1) is 16.7. The van der Waals surface area contributed by atoms with Gasteiger partial charge in [0.1, 0.15) is 5.82 Å². The zero-order chi connectivity index (χ0) is 16.4. The monoisotopic (exact) mass is 338 g/mol. The van der Waals surface area contributed by atoms with E-state index in [4.69, 9.17) is 17.3 Å². The molecule has 1 aromatic rings. The van der Waals surface area contributed by atoms with E-state index in [-0.39, 0.29) is 23.7 Å². The number of rotatable bonds is 4. The molecule has 0 spiro atoms. The highest BCUT2D eigenvalue weighted by Gasteiger charge is 2.38. The molecule has 2 fully saturated rings. The molecular weight excluding hydrogens is 315 g/mol. The maximum absolute atomic E-state index is 14.0. The van der Waals surface area contributed by atoms with Gasteiger partial charge in [0.05, 0.1) is 0 Å². The topological polar surface area (TPSA) is 46.3 Å². The van der Waals surface area contributed by atoms with Crippen LogP contribution in [0.4, 0.5) is 4.39 Å². The van der Waals surface area contributed by atoms with Crippen molar-refractivity contribution < 1.29 is 9.18 Å². The summed E-state index contributed by atoms with van der Waals surface area (Å²) in [5.41, 5.74) is 6.35. The van der Waals surface area contributed by atoms with Crippen LogP contribution in [-0.4, -0.2) is 29.9 Å². The molecule has 0 aromatic heterocycles. The van der Waals surface area contributed by atoms with E-state index in [9.17, 15) is 9.18 Å². The minimum absolute atomic E-state index is 0.0518. The molecule has 0 bridgehead atoms. The fraction of sp³-hybridized carbons (Fsp3) is 0.611. The van der Waals surface area contributed by atoms with E-state index in [2.05, 4.69) is 0 Å². The second kappa shape index (κ2) is 7.18. The SMILES string of the molecule is NC[C@H]1CCC[C@H]1C(=O)N1CCCC1Cc1c(F)cccc1Cl. The lowest BCUT2D eigenvalue weighted by atomic mass is 9.94. The van der Waals surface area contributed by atoms with Crippen molar-refractivity contribution in [2.24, 2.45) is 17.6 Å². The third-order valence-corrected chi connectivity index (χ3v) is 5.79. The highest BCUT2D eigenvalue weighted by Crippen LogP contribution is 2.35. The van der Waals surface area contributed by atoms with Gasteiger partial charge >= 0.3 is 0 Å². The molecule has 1 aliphatic heterocycles. The van der Waals surface area contributed by atoms with Crippen LogP contribution in [0.25, 0.3) is 0 Å². The Morgan fingerprint density at radius 2 is 2.13 bits per heavy atom. The molecule has 2 aliphatic rings. The van der Waals surface area contributed by atoms with E-state index in [0.717, 1.165) is 38.6 Å². The first-order valence-corrected chi connectivity index (χ1v) is 8.93. The van der Waals surface area contributed by atoms with Crippen LogP contribution in [0.15, 0.2) is 18.2 Å². The van der Waals surface area contributed by atoms with Gasteiger partial charge in [-0.3, -0.25) is 4.79 Å². The number of carbonyl (C=O) groups excluding carboxylic acids is 1. The standard InChI is InChI=1S/C18H24ClFN2O/c19-16-7-2-8-17(20)15(16)10-13-5-3-9-22(13)18(23)14-6-1-4-12(14)11-21/h2,7-8,12-14H,1,3-6,9-11,21H2/t12-,13?,14-/m1/s1. The number of nitrogens with two attached hydrogens (primary N) is 1. The van der Waals surface area contributed by atoms with Gasteiger partial charge in [-0.15, -0.1) is 0 Å². The number of likely N-dealkylation sites (tertiary alicyclic amines) is 1. The Bertz CT molecular complexity index is 560. The average Bonchev–Trinajstić information content (AvgIpc) is 3.19. The van der Waals surface area contributed by atoms with Crippen LogP contribution in [0, 0.1) is 17.7 Å². The Morgan fingerprint density at radius 1 is 1.30 bits per heavy atom. The molecule has 3 nitrogen and oxygen atoms in total. The van der Waals surface area contributed by atoms with E-state index in [0.29, 0.717) is 29.5 Å². The van der Waals surface area contributed by atoms with Crippen LogP contribution in [0.3, 0.4) is 0 Å². The molecule has 1 saturated carbocycles. The molecule has 1 aromatic carbocycles. The van der Waals surface area contributed by atoms with Crippen LogP contribution in [0.1, 0.15) is 37.7 Å². The molecule has 126 valence electrons. The average molecular weight is 339 g/mol. The van der Waals surface area contributed by atoms with Crippen molar-refractivity contribution >= 4 is 17.5 Å². The number of halogens is 2. The van der Waals surface area contributed by atoms with Gasteiger partial charge in [0.2, 0.25) is 5.91 Å². The van der Waals surface area contributed by atoms with Gasteiger partial charge in [0.15, 0.2) is 0 Å². The van der Waals surface area contributed by atoms with Gasteiger partial charge in [-0.1, -0.05) is 24.1 Å². The third-order valence-electron chi connectivity index (χ3n) is 5.44. The van der Waals surface area contributed by atoms with E-state index >= 15 is 0 Å². The summed E-state index contributed by atoms with van der Waals surface area (Å²) in [4.78, 5) is 14.9. The van der Waals surface area contributed by atoms with Crippen molar-refractivity contribution in [2.45, 2.75) is 44.6 Å². The summed E-state index contributed by atoms with van der Waals surface area (Å²) in [6.45, 7) is 1.34. The van der Waals surface area contributed by atoms with Crippen molar-refractivity contribution in [1.29, 1.82) is 0 Å². The van der Waals surface area contributed by atoms with Crippen molar-refractivity contribution in [3.05, 3.63) is 34.6 Å². The van der Waals surface area contributed by atoms with Gasteiger partial charge in [-0.25, -0.2) is 4.39 Å². The Hall–Kier alpha value is -1.13. The summed E-state index contributed by atoms with van der Waals surface area (Å²) in [5, 5.41) is 0.449. The van der Waals surface area contributed by atoms with Crippen LogP contribution in [-0.2, 0) is 11.2 Å². The number of hydrogen-bond donors (Lipinski definition) is 1. The molecule has 1 saturated heterocycles. The highest BCUT2D eigenvalue weighted by atomic mass is 35.5. The van der Waals surface area contributed by atoms with Crippen molar-refractivity contribution in [1.82, 2.24) is 4.90 Å². The van der Waals surface area contributed by atoms with Gasteiger partial charge in [-0.2, -0.15) is 0 Å². The first-order chi connectivity index (χ1) is 11.1. The molecule has 3 atom stereocenters. The number of hydrogen-bond acceptors (Lipinski definition) is 2. The summed E-state index contributed by atoms with van der Waals surface area (Å²) in [6, 6.07) is 4.81. The van der Waals surface area contributed by atoms with Crippen LogP contribution < -0.4 is 5.73 Å². The Balaban J connectivity index is 1.74. The molecule has 0 radical (unpaired) electrons.